The van der Waals surface area contributed by atoms with E-state index >= 15 is 0 Å². The van der Waals surface area contributed by atoms with Crippen LogP contribution in [-0.2, 0) is 28.2 Å². The normalized spacial score (nSPS) is 13.7. The predicted octanol–water partition coefficient (Wildman–Crippen LogP) is 9.37. The van der Waals surface area contributed by atoms with Crippen molar-refractivity contribution in [1.29, 1.82) is 0 Å². The van der Waals surface area contributed by atoms with Crippen LogP contribution >= 0.6 is 7.82 Å². The SMILES string of the molecule is CC/C=C/C/C=C/C=C/C(O)CCCCCCCC(=O)OC[C@H](COP(=O)(O)O)OC(=O)CCCCCCC/C=C\CCCCCC. The number of carbonyl (C=O) groups is 2. The highest BCUT2D eigenvalue weighted by atomic mass is 31.2. The van der Waals surface area contributed by atoms with Gasteiger partial charge in [-0.05, 0) is 57.8 Å². The Morgan fingerprint density at radius 1 is 0.681 bits per heavy atom. The van der Waals surface area contributed by atoms with E-state index in [1.807, 2.05) is 18.2 Å². The van der Waals surface area contributed by atoms with Crippen molar-refractivity contribution in [1.82, 2.24) is 0 Å². The van der Waals surface area contributed by atoms with Crippen LogP contribution in [-0.4, -0.2) is 52.3 Å². The molecule has 0 aromatic carbocycles. The Hall–Kier alpha value is -2.03. The molecule has 0 saturated carbocycles. The first-order valence-corrected chi connectivity index (χ1v) is 19.6. The van der Waals surface area contributed by atoms with Crippen molar-refractivity contribution in [2.24, 2.45) is 0 Å². The molecule has 47 heavy (non-hydrogen) atoms. The molecule has 0 fully saturated rings. The molecule has 3 N–H and O–H groups in total. The lowest BCUT2D eigenvalue weighted by Gasteiger charge is -2.18. The van der Waals surface area contributed by atoms with Crippen molar-refractivity contribution in [3.63, 3.8) is 0 Å². The van der Waals surface area contributed by atoms with Crippen LogP contribution in [0.5, 0.6) is 0 Å². The molecule has 0 heterocycles. The van der Waals surface area contributed by atoms with E-state index in [0.717, 1.165) is 77.0 Å². The topological polar surface area (TPSA) is 140 Å². The molecule has 0 radical (unpaired) electrons. The van der Waals surface area contributed by atoms with Crippen molar-refractivity contribution >= 4 is 19.8 Å². The van der Waals surface area contributed by atoms with Gasteiger partial charge in [0.05, 0.1) is 12.7 Å². The summed E-state index contributed by atoms with van der Waals surface area (Å²) in [7, 11) is -4.77. The third kappa shape index (κ3) is 35.1. The number of hydrogen-bond acceptors (Lipinski definition) is 7. The van der Waals surface area contributed by atoms with Gasteiger partial charge in [0.15, 0.2) is 6.10 Å². The summed E-state index contributed by atoms with van der Waals surface area (Å²) in [5.74, 6) is -0.976. The highest BCUT2D eigenvalue weighted by Crippen LogP contribution is 2.36. The maximum atomic E-state index is 12.3. The Labute approximate surface area is 285 Å². The number of ether oxygens (including phenoxy) is 2. The summed E-state index contributed by atoms with van der Waals surface area (Å²) in [6.45, 7) is 3.42. The summed E-state index contributed by atoms with van der Waals surface area (Å²) in [5, 5.41) is 10.1. The van der Waals surface area contributed by atoms with Crippen molar-refractivity contribution in [2.45, 2.75) is 161 Å². The Morgan fingerprint density at radius 2 is 1.28 bits per heavy atom. The van der Waals surface area contributed by atoms with Crippen molar-refractivity contribution in [3.8, 4) is 0 Å². The smallest absolute Gasteiger partial charge is 0.462 e. The minimum absolute atomic E-state index is 0.180. The Bertz CT molecular complexity index is 923. The van der Waals surface area contributed by atoms with Gasteiger partial charge in [0.2, 0.25) is 0 Å². The van der Waals surface area contributed by atoms with Crippen LogP contribution < -0.4 is 0 Å². The molecule has 272 valence electrons. The molecule has 0 bridgehead atoms. The number of carbonyl (C=O) groups excluding carboxylic acids is 2. The fourth-order valence-electron chi connectivity index (χ4n) is 4.73. The maximum absolute atomic E-state index is 12.3. The molecule has 0 aliphatic rings. The van der Waals surface area contributed by atoms with E-state index in [4.69, 9.17) is 19.3 Å². The zero-order valence-corrected chi connectivity index (χ0v) is 30.2. The summed E-state index contributed by atoms with van der Waals surface area (Å²) in [6, 6.07) is 0. The molecule has 1 unspecified atom stereocenters. The Kier molecular flexibility index (Phi) is 31.1. The van der Waals surface area contributed by atoms with Gasteiger partial charge >= 0.3 is 19.8 Å². The van der Waals surface area contributed by atoms with Gasteiger partial charge in [-0.3, -0.25) is 14.1 Å². The minimum atomic E-state index is -4.77. The van der Waals surface area contributed by atoms with Crippen LogP contribution in [0, 0.1) is 0 Å². The standard InChI is InChI=1S/C37H65O9P/c1-3-5-7-9-11-12-13-14-15-16-18-22-27-31-37(40)46-35(33-45-47(41,42)43)32-44-36(39)30-26-23-19-21-25-29-34(38)28-24-20-17-10-8-6-4-2/h6,8,12-13,17,20,24,28,34-35,38H,3-5,7,9-11,14-16,18-19,21-23,25-27,29-33H2,1-2H3,(H2,41,42,43)/b8-6+,13-12-,20-17+,28-24+/t34?,35-/m1/s1. The van der Waals surface area contributed by atoms with Crippen molar-refractivity contribution < 1.29 is 43.0 Å². The molecule has 0 aliphatic carbocycles. The molecule has 0 aliphatic heterocycles. The Morgan fingerprint density at radius 3 is 1.91 bits per heavy atom. The molecule has 9 nitrogen and oxygen atoms in total. The lowest BCUT2D eigenvalue weighted by molar-refractivity contribution is -0.161. The molecule has 0 saturated heterocycles. The number of aliphatic hydroxyl groups excluding tert-OH is 1. The average Bonchev–Trinajstić information content (AvgIpc) is 3.03. The zero-order valence-electron chi connectivity index (χ0n) is 29.3. The monoisotopic (exact) mass is 684 g/mol. The second-order valence-electron chi connectivity index (χ2n) is 12.0. The number of aliphatic hydroxyl groups is 1. The summed E-state index contributed by atoms with van der Waals surface area (Å²) in [6.07, 6.45) is 34.3. The number of phosphoric acid groups is 1. The summed E-state index contributed by atoms with van der Waals surface area (Å²) < 4.78 is 26.2. The van der Waals surface area contributed by atoms with Crippen LogP contribution in [0.2, 0.25) is 0 Å². The summed E-state index contributed by atoms with van der Waals surface area (Å²) in [5.41, 5.74) is 0. The van der Waals surface area contributed by atoms with Crippen LogP contribution in [0.25, 0.3) is 0 Å². The Balaban J connectivity index is 4.10. The van der Waals surface area contributed by atoms with Crippen LogP contribution in [0.15, 0.2) is 48.6 Å². The predicted molar refractivity (Wildman–Crippen MR) is 190 cm³/mol. The number of hydrogen-bond donors (Lipinski definition) is 3. The number of allylic oxidation sites excluding steroid dienone is 7. The van der Waals surface area contributed by atoms with Gasteiger partial charge in [-0.15, -0.1) is 0 Å². The lowest BCUT2D eigenvalue weighted by atomic mass is 10.1. The molecule has 0 aromatic rings. The van der Waals surface area contributed by atoms with E-state index in [2.05, 4.69) is 42.7 Å². The largest absolute Gasteiger partial charge is 0.469 e. The van der Waals surface area contributed by atoms with Crippen LogP contribution in [0.4, 0.5) is 0 Å². The van der Waals surface area contributed by atoms with Crippen LogP contribution in [0.3, 0.4) is 0 Å². The first-order chi connectivity index (χ1) is 22.7. The number of phosphoric ester groups is 1. The highest BCUT2D eigenvalue weighted by Gasteiger charge is 2.22. The highest BCUT2D eigenvalue weighted by molar-refractivity contribution is 7.46. The van der Waals surface area contributed by atoms with Gasteiger partial charge in [0.1, 0.15) is 6.61 Å². The molecule has 2 atom stereocenters. The third-order valence-corrected chi connectivity index (χ3v) is 7.92. The quantitative estimate of drug-likeness (QED) is 0.0208. The molecule has 0 rings (SSSR count). The van der Waals surface area contributed by atoms with Gasteiger partial charge < -0.3 is 24.4 Å². The van der Waals surface area contributed by atoms with Gasteiger partial charge in [-0.2, -0.15) is 0 Å². The van der Waals surface area contributed by atoms with Gasteiger partial charge in [0, 0.05) is 12.8 Å². The van der Waals surface area contributed by atoms with Gasteiger partial charge in [0.25, 0.3) is 0 Å². The lowest BCUT2D eigenvalue weighted by Crippen LogP contribution is -2.29. The van der Waals surface area contributed by atoms with E-state index in [1.54, 1.807) is 6.08 Å². The van der Waals surface area contributed by atoms with Crippen LogP contribution in [0.1, 0.15) is 149 Å². The summed E-state index contributed by atoms with van der Waals surface area (Å²) in [4.78, 5) is 42.6. The second kappa shape index (κ2) is 32.5. The summed E-state index contributed by atoms with van der Waals surface area (Å²) >= 11 is 0. The van der Waals surface area contributed by atoms with E-state index in [-0.39, 0.29) is 19.4 Å². The fraction of sp³-hybridized carbons (Fsp3) is 0.730. The minimum Gasteiger partial charge on any atom is -0.462 e. The number of rotatable bonds is 32. The number of unbranched alkanes of at least 4 members (excludes halogenated alkanes) is 13. The molecule has 0 aromatic heterocycles. The first kappa shape index (κ1) is 45.0. The third-order valence-electron chi connectivity index (χ3n) is 7.44. The van der Waals surface area contributed by atoms with Gasteiger partial charge in [-0.25, -0.2) is 4.57 Å². The molecule has 0 amide bonds. The van der Waals surface area contributed by atoms with E-state index in [9.17, 15) is 19.3 Å². The van der Waals surface area contributed by atoms with Crippen molar-refractivity contribution in [3.05, 3.63) is 48.6 Å². The average molecular weight is 685 g/mol. The van der Waals surface area contributed by atoms with Gasteiger partial charge in [-0.1, -0.05) is 127 Å². The maximum Gasteiger partial charge on any atom is 0.469 e. The first-order valence-electron chi connectivity index (χ1n) is 18.0. The van der Waals surface area contributed by atoms with E-state index in [0.29, 0.717) is 19.3 Å². The molecular formula is C37H65O9P. The zero-order chi connectivity index (χ0) is 34.9. The molecule has 0 spiro atoms. The van der Waals surface area contributed by atoms with Crippen molar-refractivity contribution in [2.75, 3.05) is 13.2 Å². The second-order valence-corrected chi connectivity index (χ2v) is 13.2. The fourth-order valence-corrected chi connectivity index (χ4v) is 5.09. The van der Waals surface area contributed by atoms with E-state index < -0.39 is 38.6 Å². The van der Waals surface area contributed by atoms with E-state index in [1.165, 1.54) is 25.7 Å². The molecule has 10 heteroatoms. The number of esters is 2. The molecular weight excluding hydrogens is 619 g/mol.